The summed E-state index contributed by atoms with van der Waals surface area (Å²) >= 11 is 0. The van der Waals surface area contributed by atoms with E-state index in [1.807, 2.05) is 42.8 Å². The fourth-order valence-corrected chi connectivity index (χ4v) is 5.32. The number of aromatic nitrogens is 6. The summed E-state index contributed by atoms with van der Waals surface area (Å²) in [4.78, 5) is 54.1. The summed E-state index contributed by atoms with van der Waals surface area (Å²) in [6.07, 6.45) is 9.46. The van der Waals surface area contributed by atoms with Crippen molar-refractivity contribution in [2.75, 3.05) is 23.8 Å². The van der Waals surface area contributed by atoms with Gasteiger partial charge >= 0.3 is 6.03 Å². The molecule has 0 aromatic carbocycles. The lowest BCUT2D eigenvalue weighted by Gasteiger charge is -2.17. The summed E-state index contributed by atoms with van der Waals surface area (Å²) in [5.41, 5.74) is 3.78. The van der Waals surface area contributed by atoms with Crippen LogP contribution in [0.2, 0.25) is 0 Å². The highest BCUT2D eigenvalue weighted by molar-refractivity contribution is 6.13. The highest BCUT2D eigenvalue weighted by Gasteiger charge is 2.46. The Morgan fingerprint density at radius 2 is 2.00 bits per heavy atom. The van der Waals surface area contributed by atoms with Gasteiger partial charge in [0.1, 0.15) is 24.2 Å². The van der Waals surface area contributed by atoms with Crippen molar-refractivity contribution in [2.45, 2.75) is 51.0 Å². The van der Waals surface area contributed by atoms with Gasteiger partial charge in [-0.1, -0.05) is 0 Å². The van der Waals surface area contributed by atoms with Crippen molar-refractivity contribution in [3.8, 4) is 5.75 Å². The quantitative estimate of drug-likeness (QED) is 0.316. The molecule has 7 rings (SSSR count). The van der Waals surface area contributed by atoms with Gasteiger partial charge in [-0.05, 0) is 56.7 Å². The lowest BCUT2D eigenvalue weighted by molar-refractivity contribution is -0.124. The molecular formula is C29H29N9O4. The summed E-state index contributed by atoms with van der Waals surface area (Å²) in [6.45, 7) is 3.73. The molecule has 4 aromatic rings. The van der Waals surface area contributed by atoms with E-state index >= 15 is 0 Å². The van der Waals surface area contributed by atoms with Crippen LogP contribution >= 0.6 is 0 Å². The number of imide groups is 1. The molecule has 1 saturated heterocycles. The number of fused-ring (bicyclic) bond motifs is 1. The van der Waals surface area contributed by atoms with E-state index in [0.717, 1.165) is 29.0 Å². The minimum Gasteiger partial charge on any atom is -0.483 e. The molecule has 42 heavy (non-hydrogen) atoms. The number of imidazole rings is 1. The summed E-state index contributed by atoms with van der Waals surface area (Å²) in [5, 5.41) is 10.9. The number of hydrogen-bond donors (Lipinski definition) is 1. The lowest BCUT2D eigenvalue weighted by atomic mass is 10.1. The smallest absolute Gasteiger partial charge is 0.331 e. The number of ether oxygens (including phenoxy) is 1. The first-order valence-electron chi connectivity index (χ1n) is 14.0. The molecule has 4 aromatic heterocycles. The molecule has 3 aliphatic rings. The normalized spacial score (nSPS) is 20.7. The number of nitrogens with one attached hydrogen (secondary N) is 1. The molecule has 3 fully saturated rings. The number of pyridine rings is 1. The van der Waals surface area contributed by atoms with E-state index in [-0.39, 0.29) is 42.0 Å². The number of nitrogens with zero attached hydrogens (tertiary/aromatic N) is 8. The fourth-order valence-electron chi connectivity index (χ4n) is 5.32. The maximum Gasteiger partial charge on any atom is 0.331 e. The molecule has 13 heteroatoms. The van der Waals surface area contributed by atoms with E-state index in [9.17, 15) is 14.4 Å². The van der Waals surface area contributed by atoms with Gasteiger partial charge in [0.15, 0.2) is 11.5 Å². The van der Waals surface area contributed by atoms with Crippen LogP contribution in [0, 0.1) is 12.8 Å². The van der Waals surface area contributed by atoms with Gasteiger partial charge < -0.3 is 14.5 Å². The predicted molar refractivity (Wildman–Crippen MR) is 150 cm³/mol. The third-order valence-corrected chi connectivity index (χ3v) is 7.98. The molecule has 2 saturated carbocycles. The third kappa shape index (κ3) is 4.80. The molecular weight excluding hydrogens is 538 g/mol. The standard InChI is InChI=1S/C29H29N9O4/c1-15-6-7-30-26(32-15)20-10-21(20)28(40)34-24-9-19(11-31-35-24)42-16(2)22-13-37-12-18(17-4-5-17)8-23(27(37)33-22)38-14-25(39)36(3)29(38)41/h6-9,11-13,16-17,20-21H,4-5,10,14H2,1-3H3,(H,34,35,40). The van der Waals surface area contributed by atoms with Crippen LogP contribution in [0.25, 0.3) is 5.65 Å². The molecule has 214 valence electrons. The highest BCUT2D eigenvalue weighted by Crippen LogP contribution is 2.46. The predicted octanol–water partition coefficient (Wildman–Crippen LogP) is 3.38. The molecule has 1 aliphatic heterocycles. The zero-order chi connectivity index (χ0) is 29.1. The first-order valence-corrected chi connectivity index (χ1v) is 14.0. The van der Waals surface area contributed by atoms with E-state index in [0.29, 0.717) is 40.9 Å². The van der Waals surface area contributed by atoms with Crippen LogP contribution in [0.1, 0.15) is 66.9 Å². The largest absolute Gasteiger partial charge is 0.483 e. The second-order valence-corrected chi connectivity index (χ2v) is 11.2. The number of amides is 4. The fraction of sp³-hybridized carbons (Fsp3) is 0.379. The number of aryl methyl sites for hydroxylation is 1. The Bertz CT molecular complexity index is 1750. The van der Waals surface area contributed by atoms with E-state index in [1.165, 1.54) is 18.1 Å². The van der Waals surface area contributed by atoms with Gasteiger partial charge in [0.2, 0.25) is 11.8 Å². The summed E-state index contributed by atoms with van der Waals surface area (Å²) in [6, 6.07) is 5.05. The van der Waals surface area contributed by atoms with Gasteiger partial charge in [-0.2, -0.15) is 5.10 Å². The Labute approximate surface area is 240 Å². The number of likely N-dealkylation sites (N-methyl/N-ethyl adjacent to an activating group) is 1. The maximum absolute atomic E-state index is 12.8. The topological polar surface area (TPSA) is 148 Å². The summed E-state index contributed by atoms with van der Waals surface area (Å²) in [5.74, 6) is 1.17. The van der Waals surface area contributed by atoms with E-state index < -0.39 is 6.10 Å². The van der Waals surface area contributed by atoms with Crippen LogP contribution in [-0.4, -0.2) is 65.9 Å². The zero-order valence-corrected chi connectivity index (χ0v) is 23.4. The van der Waals surface area contributed by atoms with Gasteiger partial charge in [-0.15, -0.1) is 5.10 Å². The van der Waals surface area contributed by atoms with Crippen LogP contribution in [-0.2, 0) is 9.59 Å². The first-order chi connectivity index (χ1) is 20.2. The lowest BCUT2D eigenvalue weighted by Crippen LogP contribution is -2.30. The SMILES string of the molecule is Cc1ccnc(C2CC2C(=O)Nc2cc(OC(C)c3cn4cc(C5CC5)cc(N5CC(=O)N(C)C5=O)c4n3)cnn2)n1. The van der Waals surface area contributed by atoms with Crippen molar-refractivity contribution in [2.24, 2.45) is 5.92 Å². The molecule has 2 aliphatic carbocycles. The van der Waals surface area contributed by atoms with Gasteiger partial charge in [0.25, 0.3) is 0 Å². The monoisotopic (exact) mass is 567 g/mol. The molecule has 0 bridgehead atoms. The summed E-state index contributed by atoms with van der Waals surface area (Å²) in [7, 11) is 1.49. The maximum atomic E-state index is 12.8. The first kappa shape index (κ1) is 26.0. The van der Waals surface area contributed by atoms with Crippen molar-refractivity contribution in [3.05, 3.63) is 65.8 Å². The minimum atomic E-state index is -0.486. The number of urea groups is 1. The molecule has 0 radical (unpaired) electrons. The van der Waals surface area contributed by atoms with Gasteiger partial charge in [0, 0.05) is 49.2 Å². The zero-order valence-electron chi connectivity index (χ0n) is 23.4. The van der Waals surface area contributed by atoms with Gasteiger partial charge in [-0.25, -0.2) is 19.7 Å². The molecule has 0 spiro atoms. The molecule has 4 amide bonds. The average Bonchev–Trinajstić information content (AvgIpc) is 3.90. The molecule has 13 nitrogen and oxygen atoms in total. The van der Waals surface area contributed by atoms with E-state index in [1.54, 1.807) is 12.3 Å². The second kappa shape index (κ2) is 9.86. The molecule has 5 heterocycles. The molecule has 3 atom stereocenters. The average molecular weight is 568 g/mol. The molecule has 3 unspecified atom stereocenters. The van der Waals surface area contributed by atoms with Crippen molar-refractivity contribution in [1.82, 2.24) is 34.4 Å². The summed E-state index contributed by atoms with van der Waals surface area (Å²) < 4.78 is 8.05. The van der Waals surface area contributed by atoms with Gasteiger partial charge in [0.05, 0.1) is 17.6 Å². The van der Waals surface area contributed by atoms with Crippen LogP contribution in [0.3, 0.4) is 0 Å². The highest BCUT2D eigenvalue weighted by atomic mass is 16.5. The second-order valence-electron chi connectivity index (χ2n) is 11.2. The minimum absolute atomic E-state index is 0.00736. The van der Waals surface area contributed by atoms with E-state index in [2.05, 4.69) is 25.5 Å². The third-order valence-electron chi connectivity index (χ3n) is 7.98. The number of carbonyl (C=O) groups excluding carboxylic acids is 3. The Morgan fingerprint density at radius 3 is 2.74 bits per heavy atom. The number of carbonyl (C=O) groups is 3. The van der Waals surface area contributed by atoms with Gasteiger partial charge in [-0.3, -0.25) is 19.4 Å². The Kier molecular flexibility index (Phi) is 6.10. The Morgan fingerprint density at radius 1 is 1.17 bits per heavy atom. The van der Waals surface area contributed by atoms with Crippen molar-refractivity contribution in [1.29, 1.82) is 0 Å². The van der Waals surface area contributed by atoms with Crippen LogP contribution < -0.4 is 15.0 Å². The number of anilines is 2. The molecule has 1 N–H and O–H groups in total. The Hall–Kier alpha value is -4.94. The number of rotatable bonds is 8. The van der Waals surface area contributed by atoms with E-state index in [4.69, 9.17) is 9.72 Å². The number of hydrogen-bond acceptors (Lipinski definition) is 9. The van der Waals surface area contributed by atoms with Crippen LogP contribution in [0.5, 0.6) is 5.75 Å². The van der Waals surface area contributed by atoms with Crippen molar-refractivity contribution < 1.29 is 19.1 Å². The van der Waals surface area contributed by atoms with Crippen LogP contribution in [0.15, 0.2) is 43.0 Å². The van der Waals surface area contributed by atoms with Crippen molar-refractivity contribution >= 4 is 35.0 Å². The van der Waals surface area contributed by atoms with Crippen LogP contribution in [0.4, 0.5) is 16.3 Å². The van der Waals surface area contributed by atoms with Crippen molar-refractivity contribution in [3.63, 3.8) is 0 Å². The Balaban J connectivity index is 1.08.